The minimum absolute atomic E-state index is 0.254. The van der Waals surface area contributed by atoms with Crippen molar-refractivity contribution in [2.24, 2.45) is 0 Å². The molecule has 0 radical (unpaired) electrons. The van der Waals surface area contributed by atoms with Gasteiger partial charge in [0.1, 0.15) is 11.4 Å². The van der Waals surface area contributed by atoms with Crippen molar-refractivity contribution in [2.45, 2.75) is 46.3 Å². The summed E-state index contributed by atoms with van der Waals surface area (Å²) >= 11 is 0. The Labute approximate surface area is 120 Å². The largest absolute Gasteiger partial charge is 0.447 e. The van der Waals surface area contributed by atoms with Gasteiger partial charge in [0.05, 0.1) is 12.7 Å². The summed E-state index contributed by atoms with van der Waals surface area (Å²) in [5.74, 6) is 0.810. The van der Waals surface area contributed by atoms with E-state index in [0.717, 1.165) is 18.7 Å². The molecule has 6 nitrogen and oxygen atoms in total. The molecule has 0 aliphatic heterocycles. The SMILES string of the molecule is CCN(CCCNCc1cnco1)C(=O)OC(C)(C)C. The van der Waals surface area contributed by atoms with Crippen LogP contribution in [0.5, 0.6) is 0 Å². The molecule has 0 spiro atoms. The molecule has 1 aromatic rings. The smallest absolute Gasteiger partial charge is 0.410 e. The van der Waals surface area contributed by atoms with E-state index < -0.39 is 5.60 Å². The van der Waals surface area contributed by atoms with Crippen LogP contribution in [0.4, 0.5) is 4.79 Å². The number of oxazole rings is 1. The highest BCUT2D eigenvalue weighted by atomic mass is 16.6. The molecule has 0 aromatic carbocycles. The summed E-state index contributed by atoms with van der Waals surface area (Å²) in [7, 11) is 0. The van der Waals surface area contributed by atoms with E-state index in [0.29, 0.717) is 19.6 Å². The number of aromatic nitrogens is 1. The van der Waals surface area contributed by atoms with E-state index in [4.69, 9.17) is 9.15 Å². The number of rotatable bonds is 7. The number of amides is 1. The van der Waals surface area contributed by atoms with Crippen molar-refractivity contribution in [2.75, 3.05) is 19.6 Å². The lowest BCUT2D eigenvalue weighted by molar-refractivity contribution is 0.0258. The number of ether oxygens (including phenoxy) is 1. The van der Waals surface area contributed by atoms with Gasteiger partial charge in [-0.2, -0.15) is 0 Å². The maximum atomic E-state index is 11.9. The third-order valence-corrected chi connectivity index (χ3v) is 2.60. The number of carbonyl (C=O) groups excluding carboxylic acids is 1. The predicted molar refractivity (Wildman–Crippen MR) is 76.3 cm³/mol. The Balaban J connectivity index is 2.19. The van der Waals surface area contributed by atoms with E-state index in [2.05, 4.69) is 10.3 Å². The normalized spacial score (nSPS) is 11.4. The molecule has 6 heteroatoms. The first-order valence-corrected chi connectivity index (χ1v) is 6.98. The number of hydrogen-bond donors (Lipinski definition) is 1. The van der Waals surface area contributed by atoms with Crippen LogP contribution in [0, 0.1) is 0 Å². The highest BCUT2D eigenvalue weighted by molar-refractivity contribution is 5.68. The van der Waals surface area contributed by atoms with Crippen molar-refractivity contribution < 1.29 is 13.9 Å². The summed E-state index contributed by atoms with van der Waals surface area (Å²) in [6.45, 7) is 10.4. The van der Waals surface area contributed by atoms with E-state index in [9.17, 15) is 4.79 Å². The molecular formula is C14H25N3O3. The van der Waals surface area contributed by atoms with Crippen molar-refractivity contribution in [3.8, 4) is 0 Å². The molecule has 0 aliphatic carbocycles. The summed E-state index contributed by atoms with van der Waals surface area (Å²) < 4.78 is 10.5. The molecule has 1 heterocycles. The standard InChI is InChI=1S/C14H25N3O3/c1-5-17(13(18)20-14(2,3)4)8-6-7-15-9-12-10-16-11-19-12/h10-11,15H,5-9H2,1-4H3. The molecule has 1 N–H and O–H groups in total. The minimum atomic E-state index is -0.449. The van der Waals surface area contributed by atoms with Gasteiger partial charge in [0.15, 0.2) is 6.39 Å². The fraction of sp³-hybridized carbons (Fsp3) is 0.714. The zero-order valence-corrected chi connectivity index (χ0v) is 12.8. The number of nitrogens with zero attached hydrogens (tertiary/aromatic N) is 2. The van der Waals surface area contributed by atoms with E-state index in [-0.39, 0.29) is 6.09 Å². The summed E-state index contributed by atoms with van der Waals surface area (Å²) in [4.78, 5) is 17.5. The molecule has 20 heavy (non-hydrogen) atoms. The van der Waals surface area contributed by atoms with Crippen LogP contribution in [0.25, 0.3) is 0 Å². The molecule has 0 saturated heterocycles. The number of nitrogens with one attached hydrogen (secondary N) is 1. The first-order chi connectivity index (χ1) is 9.42. The fourth-order valence-corrected chi connectivity index (χ4v) is 1.64. The molecule has 1 rings (SSSR count). The Hall–Kier alpha value is -1.56. The summed E-state index contributed by atoms with van der Waals surface area (Å²) in [6.07, 6.45) is 3.71. The Morgan fingerprint density at radius 2 is 2.25 bits per heavy atom. The quantitative estimate of drug-likeness (QED) is 0.778. The first-order valence-electron chi connectivity index (χ1n) is 6.98. The van der Waals surface area contributed by atoms with Gasteiger partial charge < -0.3 is 19.4 Å². The highest BCUT2D eigenvalue weighted by Crippen LogP contribution is 2.10. The molecule has 0 fully saturated rings. The summed E-state index contributed by atoms with van der Waals surface area (Å²) in [5, 5.41) is 3.24. The molecular weight excluding hydrogens is 258 g/mol. The summed E-state index contributed by atoms with van der Waals surface area (Å²) in [6, 6.07) is 0. The molecule has 1 amide bonds. The zero-order chi connectivity index (χ0) is 15.0. The Morgan fingerprint density at radius 3 is 2.80 bits per heavy atom. The molecule has 0 aliphatic rings. The number of carbonyl (C=O) groups is 1. The van der Waals surface area contributed by atoms with Crippen molar-refractivity contribution in [3.63, 3.8) is 0 Å². The van der Waals surface area contributed by atoms with Crippen LogP contribution in [-0.4, -0.2) is 41.2 Å². The van der Waals surface area contributed by atoms with Gasteiger partial charge in [0, 0.05) is 13.1 Å². The first kappa shape index (κ1) is 16.5. The second-order valence-electron chi connectivity index (χ2n) is 5.56. The van der Waals surface area contributed by atoms with E-state index in [1.165, 1.54) is 6.39 Å². The molecule has 1 aromatic heterocycles. The Morgan fingerprint density at radius 1 is 1.50 bits per heavy atom. The van der Waals surface area contributed by atoms with Crippen LogP contribution in [0.2, 0.25) is 0 Å². The molecule has 0 atom stereocenters. The van der Waals surface area contributed by atoms with Gasteiger partial charge in [0.2, 0.25) is 0 Å². The van der Waals surface area contributed by atoms with Gasteiger partial charge in [-0.1, -0.05) is 0 Å². The lowest BCUT2D eigenvalue weighted by atomic mass is 10.2. The second kappa shape index (κ2) is 7.89. The predicted octanol–water partition coefficient (Wildman–Crippen LogP) is 2.41. The van der Waals surface area contributed by atoms with Crippen LogP contribution >= 0.6 is 0 Å². The lowest BCUT2D eigenvalue weighted by Gasteiger charge is -2.26. The van der Waals surface area contributed by atoms with Gasteiger partial charge in [0.25, 0.3) is 0 Å². The van der Waals surface area contributed by atoms with Crippen molar-refractivity contribution in [1.29, 1.82) is 0 Å². The third-order valence-electron chi connectivity index (χ3n) is 2.60. The van der Waals surface area contributed by atoms with Crippen molar-refractivity contribution >= 4 is 6.09 Å². The maximum absolute atomic E-state index is 11.9. The minimum Gasteiger partial charge on any atom is -0.447 e. The monoisotopic (exact) mass is 283 g/mol. The fourth-order valence-electron chi connectivity index (χ4n) is 1.64. The van der Waals surface area contributed by atoms with E-state index in [1.54, 1.807) is 11.1 Å². The van der Waals surface area contributed by atoms with Gasteiger partial charge in [-0.3, -0.25) is 0 Å². The van der Waals surface area contributed by atoms with E-state index >= 15 is 0 Å². The Kier molecular flexibility index (Phi) is 6.51. The zero-order valence-electron chi connectivity index (χ0n) is 12.8. The van der Waals surface area contributed by atoms with Gasteiger partial charge in [-0.25, -0.2) is 9.78 Å². The summed E-state index contributed by atoms with van der Waals surface area (Å²) in [5.41, 5.74) is -0.449. The van der Waals surface area contributed by atoms with Crippen LogP contribution in [0.3, 0.4) is 0 Å². The third kappa shape index (κ3) is 6.56. The Bertz CT molecular complexity index is 385. The van der Waals surface area contributed by atoms with Crippen molar-refractivity contribution in [1.82, 2.24) is 15.2 Å². The topological polar surface area (TPSA) is 67.6 Å². The average molecular weight is 283 g/mol. The molecule has 0 bridgehead atoms. The molecule has 0 unspecified atom stereocenters. The van der Waals surface area contributed by atoms with Crippen LogP contribution in [0.15, 0.2) is 17.0 Å². The second-order valence-corrected chi connectivity index (χ2v) is 5.56. The maximum Gasteiger partial charge on any atom is 0.410 e. The van der Waals surface area contributed by atoms with Crippen LogP contribution in [-0.2, 0) is 11.3 Å². The average Bonchev–Trinajstić information content (AvgIpc) is 2.84. The van der Waals surface area contributed by atoms with Crippen LogP contribution in [0.1, 0.15) is 39.9 Å². The van der Waals surface area contributed by atoms with E-state index in [1.807, 2.05) is 27.7 Å². The number of hydrogen-bond acceptors (Lipinski definition) is 5. The van der Waals surface area contributed by atoms with Crippen LogP contribution < -0.4 is 5.32 Å². The molecule has 0 saturated carbocycles. The highest BCUT2D eigenvalue weighted by Gasteiger charge is 2.20. The van der Waals surface area contributed by atoms with Gasteiger partial charge >= 0.3 is 6.09 Å². The van der Waals surface area contributed by atoms with Crippen molar-refractivity contribution in [3.05, 3.63) is 18.4 Å². The van der Waals surface area contributed by atoms with Gasteiger partial charge in [-0.05, 0) is 40.7 Å². The van der Waals surface area contributed by atoms with Gasteiger partial charge in [-0.15, -0.1) is 0 Å². The lowest BCUT2D eigenvalue weighted by Crippen LogP contribution is -2.38. The molecule has 114 valence electrons.